The van der Waals surface area contributed by atoms with Gasteiger partial charge in [-0.3, -0.25) is 9.69 Å². The normalized spacial score (nSPS) is 17.1. The monoisotopic (exact) mass is 412 g/mol. The number of nitrogens with one attached hydrogen (secondary N) is 1. The first-order valence-electron chi connectivity index (χ1n) is 10.4. The molecular weight excluding hydrogens is 384 g/mol. The van der Waals surface area contributed by atoms with Gasteiger partial charge in [0, 0.05) is 4.88 Å². The summed E-state index contributed by atoms with van der Waals surface area (Å²) >= 11 is 1.53. The number of carbonyl (C=O) groups is 2. The number of hydrogen-bond acceptors (Lipinski definition) is 5. The summed E-state index contributed by atoms with van der Waals surface area (Å²) in [6, 6.07) is 10.6. The Balaban J connectivity index is 1.30. The third kappa shape index (κ3) is 4.70. The number of fused-ring (bicyclic) bond motifs is 1. The van der Waals surface area contributed by atoms with Gasteiger partial charge < -0.3 is 10.1 Å². The van der Waals surface area contributed by atoms with Crippen molar-refractivity contribution >= 4 is 28.2 Å². The maximum atomic E-state index is 12.6. The lowest BCUT2D eigenvalue weighted by Gasteiger charge is -2.31. The number of piperidine rings is 1. The van der Waals surface area contributed by atoms with E-state index in [1.807, 2.05) is 0 Å². The van der Waals surface area contributed by atoms with Gasteiger partial charge >= 0.3 is 5.97 Å². The molecule has 1 saturated heterocycles. The summed E-state index contributed by atoms with van der Waals surface area (Å²) in [7, 11) is 1.40. The molecule has 6 heteroatoms. The van der Waals surface area contributed by atoms with E-state index in [9.17, 15) is 9.59 Å². The fourth-order valence-corrected chi connectivity index (χ4v) is 5.77. The van der Waals surface area contributed by atoms with E-state index in [-0.39, 0.29) is 11.9 Å². The third-order valence-corrected chi connectivity index (χ3v) is 7.21. The summed E-state index contributed by atoms with van der Waals surface area (Å²) in [6.07, 6.45) is 6.28. The van der Waals surface area contributed by atoms with Crippen LogP contribution >= 0.6 is 11.3 Å². The minimum atomic E-state index is -0.346. The van der Waals surface area contributed by atoms with Gasteiger partial charge in [-0.2, -0.15) is 0 Å². The number of rotatable bonds is 6. The minimum absolute atomic E-state index is 0.0448. The van der Waals surface area contributed by atoms with Crippen LogP contribution in [0.1, 0.15) is 45.6 Å². The Bertz CT molecular complexity index is 870. The molecule has 0 radical (unpaired) electrons. The van der Waals surface area contributed by atoms with Crippen LogP contribution in [0, 0.1) is 5.92 Å². The molecule has 154 valence electrons. The van der Waals surface area contributed by atoms with E-state index in [4.69, 9.17) is 4.74 Å². The molecule has 1 aromatic carbocycles. The highest BCUT2D eigenvalue weighted by Crippen LogP contribution is 2.39. The molecule has 1 amide bonds. The molecule has 1 fully saturated rings. The fourth-order valence-electron chi connectivity index (χ4n) is 4.48. The molecule has 0 unspecified atom stereocenters. The van der Waals surface area contributed by atoms with E-state index in [0.29, 0.717) is 23.0 Å². The van der Waals surface area contributed by atoms with E-state index < -0.39 is 0 Å². The summed E-state index contributed by atoms with van der Waals surface area (Å²) in [6.45, 7) is 2.26. The lowest BCUT2D eigenvalue weighted by atomic mass is 9.90. The van der Waals surface area contributed by atoms with Crippen molar-refractivity contribution in [3.05, 3.63) is 51.9 Å². The first-order valence-corrected chi connectivity index (χ1v) is 11.2. The lowest BCUT2D eigenvalue weighted by Crippen LogP contribution is -2.39. The first-order chi connectivity index (χ1) is 14.1. The summed E-state index contributed by atoms with van der Waals surface area (Å²) < 4.78 is 4.96. The number of anilines is 1. The molecule has 1 aromatic heterocycles. The third-order valence-electron chi connectivity index (χ3n) is 6.01. The number of amides is 1. The van der Waals surface area contributed by atoms with Gasteiger partial charge in [0.1, 0.15) is 5.00 Å². The molecule has 0 bridgehead atoms. The second kappa shape index (κ2) is 9.09. The van der Waals surface area contributed by atoms with E-state index in [1.54, 1.807) is 0 Å². The SMILES string of the molecule is COC(=O)c1c(NC(=O)CN2CCC(Cc3ccccc3)CC2)sc2c1CCC2. The summed E-state index contributed by atoms with van der Waals surface area (Å²) in [5.41, 5.74) is 3.03. The number of hydrogen-bond donors (Lipinski definition) is 1. The number of carbonyl (C=O) groups excluding carboxylic acids is 2. The summed E-state index contributed by atoms with van der Waals surface area (Å²) in [4.78, 5) is 28.3. The predicted octanol–water partition coefficient (Wildman–Crippen LogP) is 3.92. The number of likely N-dealkylation sites (tertiary alicyclic amines) is 1. The molecule has 2 aliphatic rings. The van der Waals surface area contributed by atoms with Crippen LogP contribution in [0.2, 0.25) is 0 Å². The van der Waals surface area contributed by atoms with Gasteiger partial charge in [-0.1, -0.05) is 30.3 Å². The summed E-state index contributed by atoms with van der Waals surface area (Å²) in [5.74, 6) is 0.293. The standard InChI is InChI=1S/C23H28N2O3S/c1-28-23(27)21-18-8-5-9-19(18)29-22(21)24-20(26)15-25-12-10-17(11-13-25)14-16-6-3-2-4-7-16/h2-4,6-7,17H,5,8-15H2,1H3,(H,24,26). The number of benzene rings is 1. The molecule has 4 rings (SSSR count). The second-order valence-electron chi connectivity index (χ2n) is 8.01. The van der Waals surface area contributed by atoms with Crippen molar-refractivity contribution in [1.82, 2.24) is 4.90 Å². The second-order valence-corrected chi connectivity index (χ2v) is 9.12. The average molecular weight is 413 g/mol. The van der Waals surface area contributed by atoms with Crippen molar-refractivity contribution in [1.29, 1.82) is 0 Å². The Morgan fingerprint density at radius 1 is 1.17 bits per heavy atom. The summed E-state index contributed by atoms with van der Waals surface area (Å²) in [5, 5.41) is 3.65. The van der Waals surface area contributed by atoms with Gasteiger partial charge in [-0.05, 0) is 68.7 Å². The van der Waals surface area contributed by atoms with Crippen molar-refractivity contribution < 1.29 is 14.3 Å². The van der Waals surface area contributed by atoms with Crippen molar-refractivity contribution in [2.24, 2.45) is 5.92 Å². The lowest BCUT2D eigenvalue weighted by molar-refractivity contribution is -0.117. The number of nitrogens with zero attached hydrogens (tertiary/aromatic N) is 1. The number of methoxy groups -OCH3 is 1. The molecule has 2 heterocycles. The van der Waals surface area contributed by atoms with Crippen molar-refractivity contribution in [2.45, 2.75) is 38.5 Å². The van der Waals surface area contributed by atoms with Crippen molar-refractivity contribution in [2.75, 3.05) is 32.1 Å². The molecule has 5 nitrogen and oxygen atoms in total. The zero-order valence-electron chi connectivity index (χ0n) is 16.9. The Morgan fingerprint density at radius 3 is 2.66 bits per heavy atom. The highest BCUT2D eigenvalue weighted by molar-refractivity contribution is 7.17. The molecule has 29 heavy (non-hydrogen) atoms. The van der Waals surface area contributed by atoms with Crippen LogP contribution in [0.4, 0.5) is 5.00 Å². The maximum Gasteiger partial charge on any atom is 0.341 e. The van der Waals surface area contributed by atoms with E-state index in [0.717, 1.165) is 57.2 Å². The van der Waals surface area contributed by atoms with Crippen molar-refractivity contribution in [3.8, 4) is 0 Å². The highest BCUT2D eigenvalue weighted by atomic mass is 32.1. The molecule has 0 spiro atoms. The average Bonchev–Trinajstić information content (AvgIpc) is 3.30. The Labute approximate surface area is 176 Å². The van der Waals surface area contributed by atoms with Crippen LogP contribution < -0.4 is 5.32 Å². The highest BCUT2D eigenvalue weighted by Gasteiger charge is 2.28. The molecular formula is C23H28N2O3S. The number of esters is 1. The zero-order valence-corrected chi connectivity index (χ0v) is 17.7. The molecule has 0 atom stereocenters. The minimum Gasteiger partial charge on any atom is -0.465 e. The molecule has 1 aliphatic heterocycles. The largest absolute Gasteiger partial charge is 0.465 e. The van der Waals surface area contributed by atoms with Gasteiger partial charge in [0.15, 0.2) is 0 Å². The Kier molecular flexibility index (Phi) is 6.31. The molecule has 2 aromatic rings. The van der Waals surface area contributed by atoms with Crippen LogP contribution in [0.3, 0.4) is 0 Å². The van der Waals surface area contributed by atoms with Crippen LogP contribution in [0.15, 0.2) is 30.3 Å². The van der Waals surface area contributed by atoms with Gasteiger partial charge in [-0.25, -0.2) is 4.79 Å². The molecule has 1 aliphatic carbocycles. The topological polar surface area (TPSA) is 58.6 Å². The van der Waals surface area contributed by atoms with Gasteiger partial charge in [-0.15, -0.1) is 11.3 Å². The molecule has 1 N–H and O–H groups in total. The van der Waals surface area contributed by atoms with E-state index in [1.165, 1.54) is 28.9 Å². The zero-order chi connectivity index (χ0) is 20.2. The van der Waals surface area contributed by atoms with Gasteiger partial charge in [0.05, 0.1) is 19.2 Å². The molecule has 0 saturated carbocycles. The predicted molar refractivity (Wildman–Crippen MR) is 116 cm³/mol. The van der Waals surface area contributed by atoms with Crippen LogP contribution in [-0.4, -0.2) is 43.5 Å². The number of ether oxygens (including phenoxy) is 1. The fraction of sp³-hybridized carbons (Fsp3) is 0.478. The van der Waals surface area contributed by atoms with Crippen molar-refractivity contribution in [3.63, 3.8) is 0 Å². The van der Waals surface area contributed by atoms with E-state index >= 15 is 0 Å². The van der Waals surface area contributed by atoms with Crippen LogP contribution in [-0.2, 0) is 28.8 Å². The number of aryl methyl sites for hydroxylation is 1. The van der Waals surface area contributed by atoms with E-state index in [2.05, 4.69) is 40.5 Å². The van der Waals surface area contributed by atoms with Crippen LogP contribution in [0.5, 0.6) is 0 Å². The van der Waals surface area contributed by atoms with Crippen LogP contribution in [0.25, 0.3) is 0 Å². The smallest absolute Gasteiger partial charge is 0.341 e. The quantitative estimate of drug-likeness (QED) is 0.731. The van der Waals surface area contributed by atoms with Gasteiger partial charge in [0.2, 0.25) is 5.91 Å². The first kappa shape index (κ1) is 20.1. The Hall–Kier alpha value is -2.18. The number of thiophene rings is 1. The van der Waals surface area contributed by atoms with Gasteiger partial charge in [0.25, 0.3) is 0 Å². The Morgan fingerprint density at radius 2 is 1.93 bits per heavy atom. The maximum absolute atomic E-state index is 12.6.